The van der Waals surface area contributed by atoms with Gasteiger partial charge in [0, 0.05) is 12.8 Å². The second-order valence-corrected chi connectivity index (χ2v) is 7.46. The highest BCUT2D eigenvalue weighted by Gasteiger charge is 2.16. The molecule has 0 bridgehead atoms. The first-order valence-corrected chi connectivity index (χ1v) is 8.36. The molecule has 0 aromatic heterocycles. The number of nitrogens with one attached hydrogen (secondary N) is 2. The molecule has 0 aliphatic carbocycles. The number of carbonyl (C=O) groups excluding carboxylic acids is 1. The molecule has 22 heavy (non-hydrogen) atoms. The van der Waals surface area contributed by atoms with Crippen molar-refractivity contribution in [1.82, 2.24) is 0 Å². The molecule has 0 unspecified atom stereocenters. The van der Waals surface area contributed by atoms with Crippen LogP contribution in [-0.4, -0.2) is 39.6 Å². The molecule has 1 aromatic carbocycles. The number of hydrogen-bond acceptors (Lipinski definition) is 5. The zero-order chi connectivity index (χ0) is 16.8. The number of methoxy groups -OCH3 is 1. The highest BCUT2D eigenvalue weighted by Crippen LogP contribution is 2.17. The van der Waals surface area contributed by atoms with E-state index in [-0.39, 0.29) is 12.4 Å². The Labute approximate surface area is 131 Å². The molecule has 1 aromatic rings. The van der Waals surface area contributed by atoms with E-state index in [1.807, 2.05) is 0 Å². The SMILES string of the molecule is COCCS(=O)(=O)Nc1cccc(NC(=O)OC(C)(C)C)c1. The molecule has 124 valence electrons. The summed E-state index contributed by atoms with van der Waals surface area (Å²) in [5.74, 6) is -0.146. The molecule has 0 heterocycles. The van der Waals surface area contributed by atoms with Gasteiger partial charge in [0.25, 0.3) is 0 Å². The molecule has 0 spiro atoms. The number of hydrogen-bond donors (Lipinski definition) is 2. The maximum Gasteiger partial charge on any atom is 0.412 e. The third-order valence-corrected chi connectivity index (χ3v) is 3.59. The van der Waals surface area contributed by atoms with Gasteiger partial charge in [-0.3, -0.25) is 10.0 Å². The fourth-order valence-electron chi connectivity index (χ4n) is 1.51. The van der Waals surface area contributed by atoms with Crippen LogP contribution in [0.3, 0.4) is 0 Å². The summed E-state index contributed by atoms with van der Waals surface area (Å²) in [7, 11) is -2.06. The van der Waals surface area contributed by atoms with Gasteiger partial charge in [0.1, 0.15) is 5.60 Å². The van der Waals surface area contributed by atoms with E-state index in [0.29, 0.717) is 11.4 Å². The van der Waals surface area contributed by atoms with E-state index < -0.39 is 21.7 Å². The lowest BCUT2D eigenvalue weighted by Gasteiger charge is -2.19. The van der Waals surface area contributed by atoms with E-state index in [9.17, 15) is 13.2 Å². The number of rotatable bonds is 6. The van der Waals surface area contributed by atoms with Gasteiger partial charge in [-0.1, -0.05) is 6.07 Å². The van der Waals surface area contributed by atoms with E-state index in [1.165, 1.54) is 13.2 Å². The van der Waals surface area contributed by atoms with Crippen molar-refractivity contribution in [2.75, 3.05) is 29.5 Å². The largest absolute Gasteiger partial charge is 0.444 e. The molecule has 1 amide bonds. The van der Waals surface area contributed by atoms with E-state index >= 15 is 0 Å². The fourth-order valence-corrected chi connectivity index (χ4v) is 2.48. The van der Waals surface area contributed by atoms with Gasteiger partial charge in [-0.2, -0.15) is 0 Å². The Morgan fingerprint density at radius 2 is 1.86 bits per heavy atom. The number of amides is 1. The summed E-state index contributed by atoms with van der Waals surface area (Å²) >= 11 is 0. The standard InChI is InChI=1S/C14H22N2O5S/c1-14(2,3)21-13(17)15-11-6-5-7-12(10-11)16-22(18,19)9-8-20-4/h5-7,10,16H,8-9H2,1-4H3,(H,15,17). The third kappa shape index (κ3) is 7.28. The molecule has 0 atom stereocenters. The van der Waals surface area contributed by atoms with Gasteiger partial charge in [0.15, 0.2) is 0 Å². The fraction of sp³-hybridized carbons (Fsp3) is 0.500. The highest BCUT2D eigenvalue weighted by molar-refractivity contribution is 7.92. The smallest absolute Gasteiger partial charge is 0.412 e. The molecular weight excluding hydrogens is 308 g/mol. The molecule has 0 radical (unpaired) electrons. The van der Waals surface area contributed by atoms with Gasteiger partial charge in [0.05, 0.1) is 18.0 Å². The van der Waals surface area contributed by atoms with Crippen LogP contribution < -0.4 is 10.0 Å². The Kier molecular flexibility index (Phi) is 6.19. The van der Waals surface area contributed by atoms with Crippen LogP contribution in [0.2, 0.25) is 0 Å². The molecule has 7 nitrogen and oxygen atoms in total. The zero-order valence-corrected chi connectivity index (χ0v) is 14.0. The van der Waals surface area contributed by atoms with Gasteiger partial charge in [0.2, 0.25) is 10.0 Å². The summed E-state index contributed by atoms with van der Waals surface area (Å²) in [6.45, 7) is 5.37. The molecule has 0 aliphatic rings. The van der Waals surface area contributed by atoms with Crippen LogP contribution in [0.1, 0.15) is 20.8 Å². The Hall–Kier alpha value is -1.80. The van der Waals surface area contributed by atoms with Crippen molar-refractivity contribution in [3.8, 4) is 0 Å². The lowest BCUT2D eigenvalue weighted by molar-refractivity contribution is 0.0636. The van der Waals surface area contributed by atoms with E-state index in [0.717, 1.165) is 0 Å². The molecule has 0 fully saturated rings. The van der Waals surface area contributed by atoms with Crippen molar-refractivity contribution in [3.05, 3.63) is 24.3 Å². The van der Waals surface area contributed by atoms with Crippen LogP contribution in [0.15, 0.2) is 24.3 Å². The molecule has 2 N–H and O–H groups in total. The zero-order valence-electron chi connectivity index (χ0n) is 13.2. The minimum absolute atomic E-state index is 0.102. The van der Waals surface area contributed by atoms with Gasteiger partial charge < -0.3 is 9.47 Å². The average Bonchev–Trinajstić information content (AvgIpc) is 2.33. The third-order valence-electron chi connectivity index (χ3n) is 2.34. The van der Waals surface area contributed by atoms with Crippen LogP contribution in [0, 0.1) is 0 Å². The Morgan fingerprint density at radius 1 is 1.23 bits per heavy atom. The molecular formula is C14H22N2O5S. The Morgan fingerprint density at radius 3 is 2.45 bits per heavy atom. The predicted molar refractivity (Wildman–Crippen MR) is 85.6 cm³/mol. The van der Waals surface area contributed by atoms with Crippen molar-refractivity contribution in [1.29, 1.82) is 0 Å². The number of carbonyl (C=O) groups is 1. The number of ether oxygens (including phenoxy) is 2. The lowest BCUT2D eigenvalue weighted by Crippen LogP contribution is -2.27. The molecule has 0 saturated heterocycles. The van der Waals surface area contributed by atoms with E-state index in [2.05, 4.69) is 10.0 Å². The van der Waals surface area contributed by atoms with Crippen molar-refractivity contribution in [2.24, 2.45) is 0 Å². The first-order chi connectivity index (χ1) is 10.1. The molecule has 0 aliphatic heterocycles. The van der Waals surface area contributed by atoms with Crippen LogP contribution in [-0.2, 0) is 19.5 Å². The van der Waals surface area contributed by atoms with Gasteiger partial charge in [-0.05, 0) is 39.0 Å². The maximum absolute atomic E-state index is 11.8. The molecule has 8 heteroatoms. The second-order valence-electron chi connectivity index (χ2n) is 5.62. The number of sulfonamides is 1. The highest BCUT2D eigenvalue weighted by atomic mass is 32.2. The van der Waals surface area contributed by atoms with Gasteiger partial charge in [-0.25, -0.2) is 13.2 Å². The summed E-state index contributed by atoms with van der Waals surface area (Å²) in [5.41, 5.74) is 0.175. The normalized spacial score (nSPS) is 11.8. The van der Waals surface area contributed by atoms with Gasteiger partial charge >= 0.3 is 6.09 Å². The van der Waals surface area contributed by atoms with Crippen molar-refractivity contribution in [2.45, 2.75) is 26.4 Å². The van der Waals surface area contributed by atoms with Gasteiger partial charge in [-0.15, -0.1) is 0 Å². The first-order valence-electron chi connectivity index (χ1n) is 6.71. The summed E-state index contributed by atoms with van der Waals surface area (Å²) in [4.78, 5) is 11.7. The first kappa shape index (κ1) is 18.2. The predicted octanol–water partition coefficient (Wildman–Crippen LogP) is 2.42. The van der Waals surface area contributed by atoms with Crippen LogP contribution in [0.25, 0.3) is 0 Å². The summed E-state index contributed by atoms with van der Waals surface area (Å²) in [6, 6.07) is 6.36. The summed E-state index contributed by atoms with van der Waals surface area (Å²) in [5, 5.41) is 2.55. The van der Waals surface area contributed by atoms with E-state index in [1.54, 1.807) is 39.0 Å². The lowest BCUT2D eigenvalue weighted by atomic mass is 10.2. The average molecular weight is 330 g/mol. The number of benzene rings is 1. The Balaban J connectivity index is 2.72. The minimum atomic E-state index is -3.49. The summed E-state index contributed by atoms with van der Waals surface area (Å²) < 4.78 is 35.8. The van der Waals surface area contributed by atoms with Crippen LogP contribution in [0.5, 0.6) is 0 Å². The Bertz CT molecular complexity index is 608. The van der Waals surface area contributed by atoms with Crippen molar-refractivity contribution in [3.63, 3.8) is 0 Å². The maximum atomic E-state index is 11.8. The van der Waals surface area contributed by atoms with Crippen molar-refractivity contribution >= 4 is 27.5 Å². The monoisotopic (exact) mass is 330 g/mol. The van der Waals surface area contributed by atoms with Crippen molar-refractivity contribution < 1.29 is 22.7 Å². The van der Waals surface area contributed by atoms with E-state index in [4.69, 9.17) is 9.47 Å². The number of anilines is 2. The molecule has 1 rings (SSSR count). The van der Waals surface area contributed by atoms with Crippen LogP contribution in [0.4, 0.5) is 16.2 Å². The quantitative estimate of drug-likeness (QED) is 0.835. The van der Waals surface area contributed by atoms with Crippen LogP contribution >= 0.6 is 0 Å². The second kappa shape index (κ2) is 7.46. The minimum Gasteiger partial charge on any atom is -0.444 e. The summed E-state index contributed by atoms with van der Waals surface area (Å²) in [6.07, 6.45) is -0.605. The topological polar surface area (TPSA) is 93.7 Å². The molecule has 0 saturated carbocycles.